The van der Waals surface area contributed by atoms with Gasteiger partial charge >= 0.3 is 0 Å². The van der Waals surface area contributed by atoms with Crippen LogP contribution in [0.1, 0.15) is 22.3 Å². The summed E-state index contributed by atoms with van der Waals surface area (Å²) in [7, 11) is 1.75. The Hall–Kier alpha value is -1.42. The first kappa shape index (κ1) is 12.6. The van der Waals surface area contributed by atoms with Crippen molar-refractivity contribution >= 4 is 23.1 Å². The van der Waals surface area contributed by atoms with Gasteiger partial charge in [-0.05, 0) is 19.1 Å². The maximum atomic E-state index is 12.0. The van der Waals surface area contributed by atoms with Gasteiger partial charge in [0.05, 0.1) is 4.99 Å². The van der Waals surface area contributed by atoms with Crippen molar-refractivity contribution in [3.63, 3.8) is 0 Å². The molecule has 0 fully saturated rings. The van der Waals surface area contributed by atoms with Gasteiger partial charge in [-0.2, -0.15) is 0 Å². The molecule has 4 heteroatoms. The number of amides is 1. The van der Waals surface area contributed by atoms with Gasteiger partial charge in [0.1, 0.15) is 0 Å². The van der Waals surface area contributed by atoms with Crippen molar-refractivity contribution in [3.05, 3.63) is 35.4 Å². The minimum absolute atomic E-state index is 0.0000463. The van der Waals surface area contributed by atoms with Crippen LogP contribution in [0.3, 0.4) is 0 Å². The molecule has 0 aromatic heterocycles. The molecular weight excluding hydrogens is 220 g/mol. The second-order valence-corrected chi connectivity index (χ2v) is 4.34. The number of carbonyl (C=O) groups is 1. The van der Waals surface area contributed by atoms with Gasteiger partial charge in [0.25, 0.3) is 5.91 Å². The highest BCUT2D eigenvalue weighted by molar-refractivity contribution is 7.80. The summed E-state index contributed by atoms with van der Waals surface area (Å²) in [4.78, 5) is 14.0. The van der Waals surface area contributed by atoms with Crippen molar-refractivity contribution in [2.45, 2.75) is 13.3 Å². The van der Waals surface area contributed by atoms with Gasteiger partial charge < -0.3 is 10.6 Å². The summed E-state index contributed by atoms with van der Waals surface area (Å²) in [6, 6.07) is 7.53. The molecule has 0 radical (unpaired) electrons. The van der Waals surface area contributed by atoms with E-state index in [4.69, 9.17) is 18.0 Å². The van der Waals surface area contributed by atoms with Crippen LogP contribution in [-0.4, -0.2) is 29.4 Å². The zero-order valence-electron chi connectivity index (χ0n) is 9.56. The van der Waals surface area contributed by atoms with Gasteiger partial charge in [-0.15, -0.1) is 0 Å². The van der Waals surface area contributed by atoms with E-state index in [9.17, 15) is 4.79 Å². The molecule has 0 saturated carbocycles. The van der Waals surface area contributed by atoms with Crippen LogP contribution < -0.4 is 5.73 Å². The Morgan fingerprint density at radius 3 is 2.75 bits per heavy atom. The van der Waals surface area contributed by atoms with Crippen molar-refractivity contribution in [1.82, 2.24) is 4.90 Å². The van der Waals surface area contributed by atoms with Gasteiger partial charge in [0.15, 0.2) is 0 Å². The summed E-state index contributed by atoms with van der Waals surface area (Å²) in [5.41, 5.74) is 7.17. The molecule has 0 aliphatic rings. The number of rotatable bonds is 4. The van der Waals surface area contributed by atoms with Gasteiger partial charge in [0.2, 0.25) is 0 Å². The number of aryl methyl sites for hydroxylation is 1. The number of nitrogens with two attached hydrogens (primary N) is 1. The molecule has 86 valence electrons. The highest BCUT2D eigenvalue weighted by Crippen LogP contribution is 2.07. The summed E-state index contributed by atoms with van der Waals surface area (Å²) in [6.07, 6.45) is 0.559. The average molecular weight is 236 g/mol. The third-order valence-corrected chi connectivity index (χ3v) is 2.51. The van der Waals surface area contributed by atoms with E-state index in [0.717, 1.165) is 5.56 Å². The molecule has 0 bridgehead atoms. The Labute approximate surface area is 101 Å². The topological polar surface area (TPSA) is 46.3 Å². The molecule has 0 aliphatic carbocycles. The zero-order chi connectivity index (χ0) is 12.1. The van der Waals surface area contributed by atoms with Crippen LogP contribution in [0, 0.1) is 6.92 Å². The Morgan fingerprint density at radius 2 is 2.19 bits per heavy atom. The van der Waals surface area contributed by atoms with E-state index in [-0.39, 0.29) is 5.91 Å². The lowest BCUT2D eigenvalue weighted by Gasteiger charge is -2.16. The largest absolute Gasteiger partial charge is 0.393 e. The maximum Gasteiger partial charge on any atom is 0.253 e. The van der Waals surface area contributed by atoms with E-state index < -0.39 is 0 Å². The molecular formula is C12H16N2OS. The molecule has 0 heterocycles. The smallest absolute Gasteiger partial charge is 0.253 e. The minimum Gasteiger partial charge on any atom is -0.393 e. The summed E-state index contributed by atoms with van der Waals surface area (Å²) >= 11 is 4.78. The summed E-state index contributed by atoms with van der Waals surface area (Å²) in [5, 5.41) is 0. The standard InChI is InChI=1S/C12H16N2OS/c1-9-4-3-5-10(8-9)12(15)14(2)7-6-11(13)16/h3-5,8H,6-7H2,1-2H3,(H2,13,16). The van der Waals surface area contributed by atoms with E-state index >= 15 is 0 Å². The van der Waals surface area contributed by atoms with E-state index in [1.165, 1.54) is 0 Å². The third kappa shape index (κ3) is 3.62. The molecule has 2 N–H and O–H groups in total. The monoisotopic (exact) mass is 236 g/mol. The van der Waals surface area contributed by atoms with Crippen LogP contribution in [0.2, 0.25) is 0 Å². The van der Waals surface area contributed by atoms with E-state index in [1.54, 1.807) is 11.9 Å². The van der Waals surface area contributed by atoms with Crippen molar-refractivity contribution in [2.24, 2.45) is 5.73 Å². The van der Waals surface area contributed by atoms with Crippen molar-refractivity contribution < 1.29 is 4.79 Å². The predicted octanol–water partition coefficient (Wildman–Crippen LogP) is 1.74. The fourth-order valence-corrected chi connectivity index (χ4v) is 1.47. The molecule has 16 heavy (non-hydrogen) atoms. The Kier molecular flexibility index (Phi) is 4.43. The SMILES string of the molecule is Cc1cccc(C(=O)N(C)CCC(N)=S)c1. The quantitative estimate of drug-likeness (QED) is 0.810. The molecule has 1 aromatic carbocycles. The van der Waals surface area contributed by atoms with Gasteiger partial charge in [-0.25, -0.2) is 0 Å². The molecule has 1 rings (SSSR count). The second-order valence-electron chi connectivity index (χ2n) is 3.81. The second kappa shape index (κ2) is 5.61. The number of thiocarbonyl (C=S) groups is 1. The van der Waals surface area contributed by atoms with E-state index in [1.807, 2.05) is 31.2 Å². The molecule has 0 aliphatic heterocycles. The van der Waals surface area contributed by atoms with Crippen molar-refractivity contribution in [1.29, 1.82) is 0 Å². The first-order chi connectivity index (χ1) is 7.50. The van der Waals surface area contributed by atoms with Gasteiger partial charge in [-0.1, -0.05) is 29.9 Å². The number of hydrogen-bond acceptors (Lipinski definition) is 2. The van der Waals surface area contributed by atoms with Crippen molar-refractivity contribution in [3.8, 4) is 0 Å². The van der Waals surface area contributed by atoms with Crippen LogP contribution in [0.15, 0.2) is 24.3 Å². The first-order valence-electron chi connectivity index (χ1n) is 5.11. The van der Waals surface area contributed by atoms with Crippen LogP contribution in [-0.2, 0) is 0 Å². The van der Waals surface area contributed by atoms with Crippen LogP contribution in [0.5, 0.6) is 0 Å². The predicted molar refractivity (Wildman–Crippen MR) is 69.5 cm³/mol. The lowest BCUT2D eigenvalue weighted by atomic mass is 10.1. The molecule has 1 amide bonds. The third-order valence-electron chi connectivity index (χ3n) is 2.31. The van der Waals surface area contributed by atoms with Crippen molar-refractivity contribution in [2.75, 3.05) is 13.6 Å². The highest BCUT2D eigenvalue weighted by atomic mass is 32.1. The Bertz CT molecular complexity index is 404. The normalized spacial score (nSPS) is 9.88. The maximum absolute atomic E-state index is 12.0. The lowest BCUT2D eigenvalue weighted by molar-refractivity contribution is 0.0799. The first-order valence-corrected chi connectivity index (χ1v) is 5.52. The molecule has 3 nitrogen and oxygen atoms in total. The molecule has 0 spiro atoms. The summed E-state index contributed by atoms with van der Waals surface area (Å²) in [6.45, 7) is 2.52. The van der Waals surface area contributed by atoms with E-state index in [2.05, 4.69) is 0 Å². The number of carbonyl (C=O) groups excluding carboxylic acids is 1. The number of benzene rings is 1. The molecule has 1 aromatic rings. The average Bonchev–Trinajstić information content (AvgIpc) is 2.24. The molecule has 0 unspecified atom stereocenters. The van der Waals surface area contributed by atoms with Gasteiger partial charge in [0, 0.05) is 25.6 Å². The Balaban J connectivity index is 2.67. The Morgan fingerprint density at radius 1 is 1.50 bits per heavy atom. The van der Waals surface area contributed by atoms with E-state index in [0.29, 0.717) is 23.5 Å². The van der Waals surface area contributed by atoms with Gasteiger partial charge in [-0.3, -0.25) is 4.79 Å². The van der Waals surface area contributed by atoms with Crippen LogP contribution in [0.25, 0.3) is 0 Å². The fraction of sp³-hybridized carbons (Fsp3) is 0.333. The van der Waals surface area contributed by atoms with Crippen LogP contribution in [0.4, 0.5) is 0 Å². The fourth-order valence-electron chi connectivity index (χ4n) is 1.38. The molecule has 0 saturated heterocycles. The number of nitrogens with zero attached hydrogens (tertiary/aromatic N) is 1. The van der Waals surface area contributed by atoms with Crippen LogP contribution >= 0.6 is 12.2 Å². The zero-order valence-corrected chi connectivity index (χ0v) is 10.4. The molecule has 0 atom stereocenters. The lowest BCUT2D eigenvalue weighted by Crippen LogP contribution is -2.30. The number of hydrogen-bond donors (Lipinski definition) is 1. The minimum atomic E-state index is -0.0000463. The highest BCUT2D eigenvalue weighted by Gasteiger charge is 2.11. The summed E-state index contributed by atoms with van der Waals surface area (Å²) < 4.78 is 0. The summed E-state index contributed by atoms with van der Waals surface area (Å²) in [5.74, 6) is -0.0000463.